The van der Waals surface area contributed by atoms with Gasteiger partial charge in [0.2, 0.25) is 0 Å². The number of urea groups is 1. The van der Waals surface area contributed by atoms with Crippen molar-refractivity contribution in [1.82, 2.24) is 15.6 Å². The topological polar surface area (TPSA) is 66.5 Å². The summed E-state index contributed by atoms with van der Waals surface area (Å²) in [7, 11) is 3.89. The highest BCUT2D eigenvalue weighted by Crippen LogP contribution is 2.52. The molecule has 126 valence electrons. The van der Waals surface area contributed by atoms with Crippen molar-refractivity contribution in [3.8, 4) is 0 Å². The van der Waals surface area contributed by atoms with E-state index in [2.05, 4.69) is 29.5 Å². The molecule has 2 aliphatic rings. The number of hydrogen-bond donors (Lipinski definition) is 2. The molecule has 2 fully saturated rings. The Kier molecular flexibility index (Phi) is 4.19. The Labute approximate surface area is 137 Å². The van der Waals surface area contributed by atoms with Gasteiger partial charge in [-0.2, -0.15) is 0 Å². The number of hydrogen-bond acceptors (Lipinski definition) is 4. The fraction of sp³-hybridized carbons (Fsp3) is 0.647. The van der Waals surface area contributed by atoms with Crippen molar-refractivity contribution in [3.05, 3.63) is 23.9 Å². The van der Waals surface area contributed by atoms with Gasteiger partial charge in [-0.25, -0.2) is 9.78 Å². The van der Waals surface area contributed by atoms with Crippen LogP contribution in [0.5, 0.6) is 0 Å². The van der Waals surface area contributed by atoms with Crippen molar-refractivity contribution in [2.45, 2.75) is 39.0 Å². The van der Waals surface area contributed by atoms with E-state index in [0.29, 0.717) is 12.5 Å². The summed E-state index contributed by atoms with van der Waals surface area (Å²) in [4.78, 5) is 18.6. The molecule has 1 aromatic heterocycles. The van der Waals surface area contributed by atoms with Gasteiger partial charge in [0.05, 0.1) is 6.10 Å². The monoisotopic (exact) mass is 318 g/mol. The van der Waals surface area contributed by atoms with Crippen molar-refractivity contribution >= 4 is 11.8 Å². The van der Waals surface area contributed by atoms with Crippen LogP contribution in [0.1, 0.15) is 25.8 Å². The number of rotatable bonds is 4. The predicted molar refractivity (Wildman–Crippen MR) is 89.4 cm³/mol. The molecule has 1 aromatic rings. The van der Waals surface area contributed by atoms with E-state index in [9.17, 15) is 4.79 Å². The van der Waals surface area contributed by atoms with E-state index in [1.807, 2.05) is 31.1 Å². The van der Waals surface area contributed by atoms with Gasteiger partial charge in [-0.3, -0.25) is 0 Å². The molecule has 0 radical (unpaired) electrons. The normalized spacial score (nSPS) is 27.7. The zero-order valence-corrected chi connectivity index (χ0v) is 14.3. The number of nitrogens with zero attached hydrogens (tertiary/aromatic N) is 2. The van der Waals surface area contributed by atoms with E-state index < -0.39 is 0 Å². The Hall–Kier alpha value is -1.82. The quantitative estimate of drug-likeness (QED) is 0.888. The number of pyridine rings is 1. The minimum atomic E-state index is -0.123. The second-order valence-corrected chi connectivity index (χ2v) is 7.25. The summed E-state index contributed by atoms with van der Waals surface area (Å²) < 4.78 is 5.76. The molecule has 1 aliphatic carbocycles. The van der Waals surface area contributed by atoms with Crippen molar-refractivity contribution in [2.24, 2.45) is 11.3 Å². The average molecular weight is 318 g/mol. The van der Waals surface area contributed by atoms with Gasteiger partial charge in [0.15, 0.2) is 0 Å². The molecular formula is C17H26N4O2. The number of fused-ring (bicyclic) bond motifs is 1. The van der Waals surface area contributed by atoms with Gasteiger partial charge < -0.3 is 20.3 Å². The van der Waals surface area contributed by atoms with Crippen molar-refractivity contribution in [1.29, 1.82) is 0 Å². The van der Waals surface area contributed by atoms with Crippen molar-refractivity contribution in [3.63, 3.8) is 0 Å². The highest BCUT2D eigenvalue weighted by atomic mass is 16.5. The molecule has 0 bridgehead atoms. The lowest BCUT2D eigenvalue weighted by Gasteiger charge is -2.54. The maximum Gasteiger partial charge on any atom is 0.315 e. The van der Waals surface area contributed by atoms with Crippen LogP contribution in [-0.4, -0.2) is 43.9 Å². The lowest BCUT2D eigenvalue weighted by molar-refractivity contribution is -0.108. The molecule has 2 amide bonds. The molecule has 0 aromatic carbocycles. The molecule has 2 heterocycles. The summed E-state index contributed by atoms with van der Waals surface area (Å²) in [5.41, 5.74) is 1.00. The molecule has 1 saturated carbocycles. The van der Waals surface area contributed by atoms with Crippen molar-refractivity contribution < 1.29 is 9.53 Å². The number of ether oxygens (including phenoxy) is 1. The summed E-state index contributed by atoms with van der Waals surface area (Å²) >= 11 is 0. The molecule has 3 rings (SSSR count). The third-order valence-corrected chi connectivity index (χ3v) is 5.12. The third kappa shape index (κ3) is 2.87. The molecule has 6 heteroatoms. The average Bonchev–Trinajstić information content (AvgIpc) is 2.98. The summed E-state index contributed by atoms with van der Waals surface area (Å²) in [6, 6.07) is 3.92. The first kappa shape index (κ1) is 16.1. The second-order valence-electron chi connectivity index (χ2n) is 7.25. The first-order chi connectivity index (χ1) is 10.9. The molecule has 1 saturated heterocycles. The molecule has 3 atom stereocenters. The largest absolute Gasteiger partial charge is 0.377 e. The van der Waals surface area contributed by atoms with Crippen LogP contribution in [0.2, 0.25) is 0 Å². The lowest BCUT2D eigenvalue weighted by atomic mass is 9.57. The first-order valence-corrected chi connectivity index (χ1v) is 8.18. The van der Waals surface area contributed by atoms with Gasteiger partial charge in [0, 0.05) is 56.4 Å². The second kappa shape index (κ2) is 6.00. The van der Waals surface area contributed by atoms with Gasteiger partial charge in [0.25, 0.3) is 0 Å². The summed E-state index contributed by atoms with van der Waals surface area (Å²) in [5, 5.41) is 6.09. The number of anilines is 1. The van der Waals surface area contributed by atoms with Gasteiger partial charge in [0.1, 0.15) is 5.82 Å². The molecule has 2 N–H and O–H groups in total. The SMILES string of the molecule is CN(C)c1ncccc1CNC(=O)N[C@@H]1[C@@H]2CCO[C@@H]2C1(C)C. The first-order valence-electron chi connectivity index (χ1n) is 8.18. The Morgan fingerprint density at radius 2 is 2.26 bits per heavy atom. The highest BCUT2D eigenvalue weighted by Gasteiger charge is 2.59. The zero-order chi connectivity index (χ0) is 16.6. The summed E-state index contributed by atoms with van der Waals surface area (Å²) in [6.45, 7) is 5.59. The molecular weight excluding hydrogens is 292 g/mol. The third-order valence-electron chi connectivity index (χ3n) is 5.12. The maximum atomic E-state index is 12.3. The summed E-state index contributed by atoms with van der Waals surface area (Å²) in [5.74, 6) is 1.33. The Balaban J connectivity index is 1.57. The minimum absolute atomic E-state index is 0.00159. The van der Waals surface area contributed by atoms with E-state index in [-0.39, 0.29) is 23.6 Å². The minimum Gasteiger partial charge on any atom is -0.377 e. The Morgan fingerprint density at radius 3 is 3.00 bits per heavy atom. The van der Waals surface area contributed by atoms with Gasteiger partial charge in [-0.05, 0) is 12.5 Å². The summed E-state index contributed by atoms with van der Waals surface area (Å²) in [6.07, 6.45) is 3.08. The van der Waals surface area contributed by atoms with Gasteiger partial charge >= 0.3 is 6.03 Å². The van der Waals surface area contributed by atoms with Crippen LogP contribution < -0.4 is 15.5 Å². The highest BCUT2D eigenvalue weighted by molar-refractivity contribution is 5.74. The van der Waals surface area contributed by atoms with Gasteiger partial charge in [-0.15, -0.1) is 0 Å². The van der Waals surface area contributed by atoms with Gasteiger partial charge in [-0.1, -0.05) is 19.9 Å². The molecule has 23 heavy (non-hydrogen) atoms. The fourth-order valence-corrected chi connectivity index (χ4v) is 3.96. The van der Waals surface area contributed by atoms with Crippen LogP contribution in [0, 0.1) is 11.3 Å². The molecule has 1 aliphatic heterocycles. The Bertz CT molecular complexity index is 588. The van der Waals surface area contributed by atoms with Crippen LogP contribution in [0.4, 0.5) is 10.6 Å². The van der Waals surface area contributed by atoms with Crippen molar-refractivity contribution in [2.75, 3.05) is 25.6 Å². The van der Waals surface area contributed by atoms with Crippen LogP contribution in [0.3, 0.4) is 0 Å². The van der Waals surface area contributed by atoms with E-state index in [0.717, 1.165) is 24.4 Å². The van der Waals surface area contributed by atoms with Crippen LogP contribution in [-0.2, 0) is 11.3 Å². The number of nitrogens with one attached hydrogen (secondary N) is 2. The molecule has 0 unspecified atom stereocenters. The number of carbonyl (C=O) groups is 1. The van der Waals surface area contributed by atoms with E-state index >= 15 is 0 Å². The van der Waals surface area contributed by atoms with Crippen LogP contribution in [0.25, 0.3) is 0 Å². The smallest absolute Gasteiger partial charge is 0.315 e. The predicted octanol–water partition coefficient (Wildman–Crippen LogP) is 1.76. The standard InChI is InChI=1S/C17H26N4O2/c1-17(2)13(12-7-9-23-14(12)17)20-16(22)19-10-11-6-5-8-18-15(11)21(3)4/h5-6,8,12-14H,7,9-10H2,1-4H3,(H2,19,20,22)/t12-,13+,14-/m0/s1. The lowest BCUT2D eigenvalue weighted by Crippen LogP contribution is -2.67. The number of amides is 2. The van der Waals surface area contributed by atoms with E-state index in [1.54, 1.807) is 6.20 Å². The fourth-order valence-electron chi connectivity index (χ4n) is 3.96. The van der Waals surface area contributed by atoms with Crippen LogP contribution in [0.15, 0.2) is 18.3 Å². The van der Waals surface area contributed by atoms with E-state index in [4.69, 9.17) is 4.74 Å². The number of aromatic nitrogens is 1. The van der Waals surface area contributed by atoms with E-state index in [1.165, 1.54) is 0 Å². The number of carbonyl (C=O) groups excluding carboxylic acids is 1. The maximum absolute atomic E-state index is 12.3. The zero-order valence-electron chi connectivity index (χ0n) is 14.3. The molecule has 0 spiro atoms. The van der Waals surface area contributed by atoms with Crippen LogP contribution >= 0.6 is 0 Å². The Morgan fingerprint density at radius 1 is 1.48 bits per heavy atom. The molecule has 6 nitrogen and oxygen atoms in total.